The first kappa shape index (κ1) is 23.4. The van der Waals surface area contributed by atoms with E-state index in [4.69, 9.17) is 21.1 Å². The number of hydrogen-bond donors (Lipinski definition) is 1. The maximum atomic E-state index is 13.0. The molecule has 1 spiro atoms. The Balaban J connectivity index is 1.53. The van der Waals surface area contributed by atoms with Gasteiger partial charge in [-0.3, -0.25) is 4.79 Å². The molecule has 0 unspecified atom stereocenters. The van der Waals surface area contributed by atoms with Crippen LogP contribution in [0, 0.1) is 5.92 Å². The second kappa shape index (κ2) is 9.38. The number of rotatable bonds is 7. The van der Waals surface area contributed by atoms with Gasteiger partial charge in [-0.2, -0.15) is 5.10 Å². The number of ketones is 1. The van der Waals surface area contributed by atoms with Crippen LogP contribution >= 0.6 is 11.6 Å². The van der Waals surface area contributed by atoms with Gasteiger partial charge in [0.15, 0.2) is 22.9 Å². The molecule has 34 heavy (non-hydrogen) atoms. The fraction of sp³-hybridized carbons (Fsp3) is 0.640. The van der Waals surface area contributed by atoms with E-state index in [0.717, 1.165) is 74.6 Å². The fourth-order valence-corrected chi connectivity index (χ4v) is 5.96. The van der Waals surface area contributed by atoms with E-state index in [9.17, 15) is 4.79 Å². The van der Waals surface area contributed by atoms with Gasteiger partial charge in [-0.1, -0.05) is 30.1 Å². The molecule has 0 radical (unpaired) electrons. The van der Waals surface area contributed by atoms with Gasteiger partial charge in [-0.25, -0.2) is 14.6 Å². The number of carbonyl (C=O) groups is 1. The van der Waals surface area contributed by atoms with Gasteiger partial charge in [0.1, 0.15) is 10.9 Å². The van der Waals surface area contributed by atoms with Crippen molar-refractivity contribution in [2.24, 2.45) is 5.92 Å². The third-order valence-corrected chi connectivity index (χ3v) is 8.25. The third kappa shape index (κ3) is 3.85. The van der Waals surface area contributed by atoms with Crippen LogP contribution in [0.1, 0.15) is 82.6 Å². The summed E-state index contributed by atoms with van der Waals surface area (Å²) in [6.07, 6.45) is 9.96. The number of nitrogens with zero attached hydrogens (tertiary/aromatic N) is 5. The van der Waals surface area contributed by atoms with E-state index in [1.54, 1.807) is 6.20 Å². The Morgan fingerprint density at radius 2 is 2.03 bits per heavy atom. The molecule has 3 atom stereocenters. The standard InChI is InChI=1S/C25H33ClN6O2/c1-15(8-7-13-27-3)16(2)32-24-18(14-28-32)22(26)29-23(30-24)20-17-9-6-12-25(21(17)34-31-20)11-5-4-10-19(25)33/h14-16,27H,4-13H2,1-3H3/t15-,16-,25+/m0/s1. The van der Waals surface area contributed by atoms with Crippen LogP contribution in [-0.2, 0) is 16.6 Å². The number of halogens is 1. The maximum absolute atomic E-state index is 13.0. The minimum absolute atomic E-state index is 0.155. The molecule has 3 heterocycles. The molecule has 0 bridgehead atoms. The van der Waals surface area contributed by atoms with Gasteiger partial charge >= 0.3 is 0 Å². The van der Waals surface area contributed by atoms with E-state index >= 15 is 0 Å². The average Bonchev–Trinajstić information content (AvgIpc) is 3.46. The van der Waals surface area contributed by atoms with E-state index in [0.29, 0.717) is 34.7 Å². The Hall–Kier alpha value is -2.32. The minimum atomic E-state index is -0.524. The van der Waals surface area contributed by atoms with E-state index in [2.05, 4.69) is 34.4 Å². The van der Waals surface area contributed by atoms with Crippen LogP contribution in [0.15, 0.2) is 10.7 Å². The first-order chi connectivity index (χ1) is 16.5. The topological polar surface area (TPSA) is 98.7 Å². The van der Waals surface area contributed by atoms with Crippen LogP contribution in [0.5, 0.6) is 0 Å². The number of carbonyl (C=O) groups excluding carboxylic acids is 1. The summed E-state index contributed by atoms with van der Waals surface area (Å²) in [5.41, 5.74) is 1.76. The molecule has 2 aliphatic rings. The van der Waals surface area contributed by atoms with Crippen molar-refractivity contribution in [2.75, 3.05) is 13.6 Å². The molecule has 8 nitrogen and oxygen atoms in total. The first-order valence-corrected chi connectivity index (χ1v) is 12.9. The monoisotopic (exact) mass is 484 g/mol. The molecule has 5 rings (SSSR count). The van der Waals surface area contributed by atoms with Crippen LogP contribution in [0.3, 0.4) is 0 Å². The maximum Gasteiger partial charge on any atom is 0.185 e. The minimum Gasteiger partial charge on any atom is -0.359 e. The Morgan fingerprint density at radius 3 is 2.82 bits per heavy atom. The second-order valence-electron chi connectivity index (χ2n) is 10.0. The molecule has 0 amide bonds. The molecule has 182 valence electrons. The van der Waals surface area contributed by atoms with Gasteiger partial charge in [0.2, 0.25) is 0 Å². The van der Waals surface area contributed by atoms with E-state index < -0.39 is 5.41 Å². The average molecular weight is 485 g/mol. The second-order valence-corrected chi connectivity index (χ2v) is 10.4. The normalized spacial score (nSPS) is 22.3. The lowest BCUT2D eigenvalue weighted by atomic mass is 9.64. The lowest BCUT2D eigenvalue weighted by Gasteiger charge is -2.36. The van der Waals surface area contributed by atoms with E-state index in [1.165, 1.54) is 0 Å². The lowest BCUT2D eigenvalue weighted by molar-refractivity contribution is -0.128. The number of Topliss-reactive ketones (excluding diaryl/α,β-unsaturated/α-hetero) is 1. The van der Waals surface area contributed by atoms with Gasteiger partial charge in [-0.05, 0) is 71.4 Å². The van der Waals surface area contributed by atoms with Crippen molar-refractivity contribution in [3.8, 4) is 11.5 Å². The third-order valence-electron chi connectivity index (χ3n) is 7.96. The Bertz CT molecular complexity index is 1200. The van der Waals surface area contributed by atoms with Crippen molar-refractivity contribution in [1.29, 1.82) is 0 Å². The highest BCUT2D eigenvalue weighted by molar-refractivity contribution is 6.34. The fourth-order valence-electron chi connectivity index (χ4n) is 5.75. The molecular formula is C25H33ClN6O2. The van der Waals surface area contributed by atoms with Crippen molar-refractivity contribution >= 4 is 28.4 Å². The molecule has 3 aromatic heterocycles. The van der Waals surface area contributed by atoms with Crippen LogP contribution < -0.4 is 5.32 Å². The molecule has 0 aliphatic heterocycles. The van der Waals surface area contributed by atoms with Crippen molar-refractivity contribution in [1.82, 2.24) is 30.2 Å². The van der Waals surface area contributed by atoms with Gasteiger partial charge in [-0.15, -0.1) is 0 Å². The summed E-state index contributed by atoms with van der Waals surface area (Å²) in [7, 11) is 1.98. The molecule has 2 aliphatic carbocycles. The summed E-state index contributed by atoms with van der Waals surface area (Å²) in [6, 6.07) is 0.155. The molecule has 1 saturated carbocycles. The first-order valence-electron chi connectivity index (χ1n) is 12.5. The van der Waals surface area contributed by atoms with E-state index in [1.807, 2.05) is 11.7 Å². The Labute approximate surface area is 204 Å². The molecule has 9 heteroatoms. The molecule has 3 aromatic rings. The Morgan fingerprint density at radius 1 is 1.21 bits per heavy atom. The summed E-state index contributed by atoms with van der Waals surface area (Å²) in [5, 5.41) is 13.3. The number of aromatic nitrogens is 5. The van der Waals surface area contributed by atoms with Crippen molar-refractivity contribution < 1.29 is 9.32 Å². The van der Waals surface area contributed by atoms with Crippen LogP contribution in [0.2, 0.25) is 5.15 Å². The number of nitrogens with one attached hydrogen (secondary N) is 1. The zero-order valence-corrected chi connectivity index (χ0v) is 21.0. The molecule has 0 saturated heterocycles. The number of hydrogen-bond acceptors (Lipinski definition) is 7. The Kier molecular flexibility index (Phi) is 6.46. The summed E-state index contributed by atoms with van der Waals surface area (Å²) in [4.78, 5) is 22.4. The van der Waals surface area contributed by atoms with Crippen LogP contribution in [0.25, 0.3) is 22.6 Å². The highest BCUT2D eigenvalue weighted by Gasteiger charge is 2.48. The zero-order chi connectivity index (χ0) is 23.9. The quantitative estimate of drug-likeness (QED) is 0.370. The molecule has 1 N–H and O–H groups in total. The smallest absolute Gasteiger partial charge is 0.185 e. The van der Waals surface area contributed by atoms with Gasteiger partial charge in [0.25, 0.3) is 0 Å². The summed E-state index contributed by atoms with van der Waals surface area (Å²) in [6.45, 7) is 5.41. The van der Waals surface area contributed by atoms with E-state index in [-0.39, 0.29) is 11.8 Å². The SMILES string of the molecule is CNCCC[C@H](C)[C@H](C)n1ncc2c(Cl)nc(-c3noc4c3CCC[C@@]43CCCCC3=O)nc21. The highest BCUT2D eigenvalue weighted by Crippen LogP contribution is 2.47. The highest BCUT2D eigenvalue weighted by atomic mass is 35.5. The predicted molar refractivity (Wildman–Crippen MR) is 131 cm³/mol. The summed E-state index contributed by atoms with van der Waals surface area (Å²) in [5.74, 6) is 1.89. The largest absolute Gasteiger partial charge is 0.359 e. The molecule has 0 aromatic carbocycles. The van der Waals surface area contributed by atoms with Crippen molar-refractivity contribution in [3.63, 3.8) is 0 Å². The van der Waals surface area contributed by atoms with Gasteiger partial charge in [0.05, 0.1) is 23.0 Å². The summed E-state index contributed by atoms with van der Waals surface area (Å²) < 4.78 is 7.84. The van der Waals surface area contributed by atoms with Crippen molar-refractivity contribution in [2.45, 2.75) is 83.1 Å². The van der Waals surface area contributed by atoms with Crippen LogP contribution in [-0.4, -0.2) is 44.3 Å². The predicted octanol–water partition coefficient (Wildman–Crippen LogP) is 5.05. The lowest BCUT2D eigenvalue weighted by Crippen LogP contribution is -2.41. The number of fused-ring (bicyclic) bond motifs is 3. The summed E-state index contributed by atoms with van der Waals surface area (Å²) >= 11 is 6.60. The van der Waals surface area contributed by atoms with Gasteiger partial charge < -0.3 is 9.84 Å². The van der Waals surface area contributed by atoms with Gasteiger partial charge in [0, 0.05) is 12.0 Å². The van der Waals surface area contributed by atoms with Crippen LogP contribution in [0.4, 0.5) is 0 Å². The molecule has 1 fully saturated rings. The zero-order valence-electron chi connectivity index (χ0n) is 20.2. The molecular weight excluding hydrogens is 452 g/mol. The van der Waals surface area contributed by atoms with Crippen molar-refractivity contribution in [3.05, 3.63) is 22.7 Å².